The number of ether oxygens (including phenoxy) is 2. The molecule has 25 heavy (non-hydrogen) atoms. The highest BCUT2D eigenvalue weighted by Crippen LogP contribution is 2.37. The van der Waals surface area contributed by atoms with E-state index in [2.05, 4.69) is 31.3 Å². The number of methoxy groups -OCH3 is 1. The molecule has 0 spiro atoms. The molecule has 1 N–H and O–H groups in total. The molecule has 2 rings (SSSR count). The molecule has 4 heteroatoms. The van der Waals surface area contributed by atoms with Gasteiger partial charge >= 0.3 is 0 Å². The van der Waals surface area contributed by atoms with Crippen LogP contribution in [0.1, 0.15) is 45.1 Å². The molecule has 2 atom stereocenters. The maximum absolute atomic E-state index is 6.43. The molecule has 0 aromatic heterocycles. The molecule has 1 saturated heterocycles. The lowest BCUT2D eigenvalue weighted by atomic mass is 9.75. The standard InChI is InChI=1S/C21H34ClNO2/c1-21(2)16-19(10-14-25-21)17(9-12-23-11-6-13-24-3)15-18-7-4-5-8-20(18)22/h4-5,7-8,17,19,23H,6,9-16H2,1-3H3/t17-,19+/m1/s1. The van der Waals surface area contributed by atoms with E-state index in [-0.39, 0.29) is 5.60 Å². The molecular formula is C21H34ClNO2. The molecule has 1 aromatic carbocycles. The minimum Gasteiger partial charge on any atom is -0.385 e. The lowest BCUT2D eigenvalue weighted by molar-refractivity contribution is -0.0830. The Morgan fingerprint density at radius 2 is 2.12 bits per heavy atom. The molecule has 1 aromatic rings. The van der Waals surface area contributed by atoms with E-state index in [1.807, 2.05) is 12.1 Å². The molecule has 0 radical (unpaired) electrons. The van der Waals surface area contributed by atoms with Gasteiger partial charge in [-0.25, -0.2) is 0 Å². The molecule has 0 bridgehead atoms. The van der Waals surface area contributed by atoms with Crippen LogP contribution in [0.25, 0.3) is 0 Å². The first kappa shape index (κ1) is 20.7. The van der Waals surface area contributed by atoms with Crippen LogP contribution in [0.5, 0.6) is 0 Å². The summed E-state index contributed by atoms with van der Waals surface area (Å²) >= 11 is 6.43. The van der Waals surface area contributed by atoms with Gasteiger partial charge in [0, 0.05) is 25.3 Å². The van der Waals surface area contributed by atoms with Crippen molar-refractivity contribution >= 4 is 11.6 Å². The molecule has 1 fully saturated rings. The zero-order valence-corrected chi connectivity index (χ0v) is 16.8. The van der Waals surface area contributed by atoms with E-state index < -0.39 is 0 Å². The smallest absolute Gasteiger partial charge is 0.0629 e. The van der Waals surface area contributed by atoms with Gasteiger partial charge in [0.1, 0.15) is 0 Å². The SMILES string of the molecule is COCCCNCC[C@H](Cc1ccccc1Cl)[C@H]1CCOC(C)(C)C1. The Morgan fingerprint density at radius 3 is 2.84 bits per heavy atom. The molecule has 0 aliphatic carbocycles. The highest BCUT2D eigenvalue weighted by atomic mass is 35.5. The number of nitrogens with one attached hydrogen (secondary N) is 1. The maximum atomic E-state index is 6.43. The van der Waals surface area contributed by atoms with Crippen LogP contribution in [0.2, 0.25) is 5.02 Å². The fraction of sp³-hybridized carbons (Fsp3) is 0.714. The van der Waals surface area contributed by atoms with Crippen molar-refractivity contribution in [2.75, 3.05) is 33.4 Å². The summed E-state index contributed by atoms with van der Waals surface area (Å²) in [7, 11) is 1.76. The predicted octanol–water partition coefficient (Wildman–Crippen LogP) is 4.72. The van der Waals surface area contributed by atoms with Crippen LogP contribution >= 0.6 is 11.6 Å². The highest BCUT2D eigenvalue weighted by molar-refractivity contribution is 6.31. The van der Waals surface area contributed by atoms with Crippen molar-refractivity contribution in [1.82, 2.24) is 5.32 Å². The van der Waals surface area contributed by atoms with Gasteiger partial charge in [-0.1, -0.05) is 29.8 Å². The first-order chi connectivity index (χ1) is 12.0. The van der Waals surface area contributed by atoms with Crippen LogP contribution in [0.4, 0.5) is 0 Å². The zero-order valence-electron chi connectivity index (χ0n) is 16.0. The summed E-state index contributed by atoms with van der Waals surface area (Å²) in [6.45, 7) is 8.20. The number of halogens is 1. The zero-order chi connectivity index (χ0) is 18.1. The van der Waals surface area contributed by atoms with Crippen LogP contribution in [0.15, 0.2) is 24.3 Å². The van der Waals surface area contributed by atoms with Gasteiger partial charge in [-0.15, -0.1) is 0 Å². The number of hydrogen-bond donors (Lipinski definition) is 1. The Labute approximate surface area is 158 Å². The van der Waals surface area contributed by atoms with Crippen molar-refractivity contribution in [3.8, 4) is 0 Å². The molecule has 1 aliphatic heterocycles. The van der Waals surface area contributed by atoms with Gasteiger partial charge in [-0.2, -0.15) is 0 Å². The van der Waals surface area contributed by atoms with Crippen LogP contribution in [-0.4, -0.2) is 39.0 Å². The summed E-state index contributed by atoms with van der Waals surface area (Å²) in [6, 6.07) is 8.28. The van der Waals surface area contributed by atoms with E-state index in [1.165, 1.54) is 12.0 Å². The predicted molar refractivity (Wildman–Crippen MR) is 105 cm³/mol. The molecule has 3 nitrogen and oxygen atoms in total. The van der Waals surface area contributed by atoms with Crippen LogP contribution in [0.3, 0.4) is 0 Å². The molecule has 0 unspecified atom stereocenters. The van der Waals surface area contributed by atoms with E-state index in [9.17, 15) is 0 Å². The lowest BCUT2D eigenvalue weighted by Gasteiger charge is -2.39. The van der Waals surface area contributed by atoms with E-state index in [0.717, 1.165) is 57.0 Å². The second-order valence-electron chi connectivity index (χ2n) is 7.80. The Balaban J connectivity index is 1.94. The molecule has 1 aliphatic rings. The van der Waals surface area contributed by atoms with Gasteiger partial charge < -0.3 is 14.8 Å². The third-order valence-electron chi connectivity index (χ3n) is 5.24. The van der Waals surface area contributed by atoms with Crippen molar-refractivity contribution in [2.45, 2.75) is 51.6 Å². The summed E-state index contributed by atoms with van der Waals surface area (Å²) in [4.78, 5) is 0. The summed E-state index contributed by atoms with van der Waals surface area (Å²) in [5, 5.41) is 4.46. The summed E-state index contributed by atoms with van der Waals surface area (Å²) in [5.74, 6) is 1.33. The number of benzene rings is 1. The normalized spacial score (nSPS) is 21.2. The summed E-state index contributed by atoms with van der Waals surface area (Å²) in [6.07, 6.45) is 5.59. The van der Waals surface area contributed by atoms with Crippen LogP contribution < -0.4 is 5.32 Å². The molecule has 0 saturated carbocycles. The third-order valence-corrected chi connectivity index (χ3v) is 5.60. The molecular weight excluding hydrogens is 334 g/mol. The van der Waals surface area contributed by atoms with E-state index >= 15 is 0 Å². The van der Waals surface area contributed by atoms with Crippen LogP contribution in [-0.2, 0) is 15.9 Å². The van der Waals surface area contributed by atoms with Gasteiger partial charge in [0.2, 0.25) is 0 Å². The lowest BCUT2D eigenvalue weighted by Crippen LogP contribution is -2.38. The first-order valence-corrected chi connectivity index (χ1v) is 9.96. The monoisotopic (exact) mass is 367 g/mol. The van der Waals surface area contributed by atoms with Crippen molar-refractivity contribution in [2.24, 2.45) is 11.8 Å². The van der Waals surface area contributed by atoms with Gasteiger partial charge in [0.05, 0.1) is 5.60 Å². The largest absolute Gasteiger partial charge is 0.385 e. The van der Waals surface area contributed by atoms with Gasteiger partial charge in [-0.05, 0) is 82.5 Å². The minimum atomic E-state index is -0.00641. The Morgan fingerprint density at radius 1 is 1.32 bits per heavy atom. The van der Waals surface area contributed by atoms with Gasteiger partial charge in [0.25, 0.3) is 0 Å². The van der Waals surface area contributed by atoms with E-state index in [0.29, 0.717) is 11.8 Å². The van der Waals surface area contributed by atoms with Gasteiger partial charge in [-0.3, -0.25) is 0 Å². The fourth-order valence-electron chi connectivity index (χ4n) is 3.89. The minimum absolute atomic E-state index is 0.00641. The molecule has 1 heterocycles. The average molecular weight is 368 g/mol. The van der Waals surface area contributed by atoms with Crippen LogP contribution in [0, 0.1) is 11.8 Å². The Hall–Kier alpha value is -0.610. The van der Waals surface area contributed by atoms with Gasteiger partial charge in [0.15, 0.2) is 0 Å². The summed E-state index contributed by atoms with van der Waals surface area (Å²) < 4.78 is 11.0. The third kappa shape index (κ3) is 7.26. The topological polar surface area (TPSA) is 30.5 Å². The molecule has 142 valence electrons. The number of rotatable bonds is 10. The van der Waals surface area contributed by atoms with E-state index in [4.69, 9.17) is 21.1 Å². The van der Waals surface area contributed by atoms with Crippen molar-refractivity contribution in [1.29, 1.82) is 0 Å². The highest BCUT2D eigenvalue weighted by Gasteiger charge is 2.33. The summed E-state index contributed by atoms with van der Waals surface area (Å²) in [5.41, 5.74) is 1.27. The number of hydrogen-bond acceptors (Lipinski definition) is 3. The second-order valence-corrected chi connectivity index (χ2v) is 8.21. The Bertz CT molecular complexity index is 506. The fourth-order valence-corrected chi connectivity index (χ4v) is 4.10. The van der Waals surface area contributed by atoms with Crippen molar-refractivity contribution < 1.29 is 9.47 Å². The van der Waals surface area contributed by atoms with Crippen molar-refractivity contribution in [3.63, 3.8) is 0 Å². The van der Waals surface area contributed by atoms with E-state index in [1.54, 1.807) is 7.11 Å². The average Bonchev–Trinajstić information content (AvgIpc) is 2.57. The first-order valence-electron chi connectivity index (χ1n) is 9.59. The maximum Gasteiger partial charge on any atom is 0.0629 e. The molecule has 0 amide bonds. The second kappa shape index (κ2) is 10.5. The Kier molecular flexibility index (Phi) is 8.71. The quantitative estimate of drug-likeness (QED) is 0.607. The van der Waals surface area contributed by atoms with Crippen molar-refractivity contribution in [3.05, 3.63) is 34.9 Å².